The van der Waals surface area contributed by atoms with E-state index in [-0.39, 0.29) is 17.3 Å². The Morgan fingerprint density at radius 1 is 1.37 bits per heavy atom. The minimum atomic E-state index is -0.989. The monoisotopic (exact) mass is 280 g/mol. The minimum absolute atomic E-state index is 0.215. The molecule has 6 heteroatoms. The number of benzene rings is 1. The third kappa shape index (κ3) is 2.47. The van der Waals surface area contributed by atoms with Gasteiger partial charge in [-0.15, -0.1) is 0 Å². The van der Waals surface area contributed by atoms with Gasteiger partial charge in [0.2, 0.25) is 0 Å². The van der Waals surface area contributed by atoms with Crippen LogP contribution in [0.25, 0.3) is 11.3 Å². The van der Waals surface area contributed by atoms with Crippen LogP contribution in [-0.2, 0) is 6.61 Å². The Morgan fingerprint density at radius 2 is 2.05 bits per heavy atom. The average Bonchev–Trinajstić information content (AvgIpc) is 2.70. The Labute approximate surface area is 114 Å². The summed E-state index contributed by atoms with van der Waals surface area (Å²) in [7, 11) is 0. The second kappa shape index (κ2) is 5.03. The second-order valence-electron chi connectivity index (χ2n) is 4.29. The van der Waals surface area contributed by atoms with Gasteiger partial charge in [0.15, 0.2) is 5.15 Å². The van der Waals surface area contributed by atoms with Crippen LogP contribution in [0.4, 0.5) is 0 Å². The molecule has 0 aliphatic rings. The third-order valence-electron chi connectivity index (χ3n) is 2.93. The molecule has 1 aromatic carbocycles. The number of nitrogens with zero attached hydrogens (tertiary/aromatic N) is 1. The minimum Gasteiger partial charge on any atom is -0.478 e. The molecule has 0 aliphatic heterocycles. The molecule has 1 heterocycles. The van der Waals surface area contributed by atoms with E-state index in [1.54, 1.807) is 19.1 Å². The van der Waals surface area contributed by atoms with E-state index in [4.69, 9.17) is 21.8 Å². The number of aromatic nitrogens is 2. The zero-order valence-corrected chi connectivity index (χ0v) is 11.2. The fraction of sp³-hybridized carbons (Fsp3) is 0.231. The van der Waals surface area contributed by atoms with E-state index in [1.807, 2.05) is 6.92 Å². The predicted molar refractivity (Wildman–Crippen MR) is 71.4 cm³/mol. The van der Waals surface area contributed by atoms with Gasteiger partial charge >= 0.3 is 5.97 Å². The van der Waals surface area contributed by atoms with Crippen LogP contribution < -0.4 is 0 Å². The van der Waals surface area contributed by atoms with Gasteiger partial charge in [0.1, 0.15) is 12.4 Å². The van der Waals surface area contributed by atoms with Gasteiger partial charge in [0.05, 0.1) is 11.3 Å². The standard InChI is InChI=1S/C13H13ClN2O3/c1-6-3-7(2)9(13(18)19)4-8(6)11-12(14)16-10(5-17)15-11/h3-4,17H,5H2,1-2H3,(H,15,16)(H,18,19). The van der Waals surface area contributed by atoms with Crippen molar-refractivity contribution in [1.82, 2.24) is 9.97 Å². The summed E-state index contributed by atoms with van der Waals surface area (Å²) >= 11 is 6.00. The molecule has 1 aromatic heterocycles. The van der Waals surface area contributed by atoms with Gasteiger partial charge in [0, 0.05) is 5.56 Å². The fourth-order valence-corrected chi connectivity index (χ4v) is 2.25. The number of imidazole rings is 1. The molecule has 0 saturated carbocycles. The van der Waals surface area contributed by atoms with Crippen LogP contribution in [0.3, 0.4) is 0 Å². The number of hydrogen-bond acceptors (Lipinski definition) is 3. The molecule has 19 heavy (non-hydrogen) atoms. The van der Waals surface area contributed by atoms with Crippen molar-refractivity contribution in [3.05, 3.63) is 39.8 Å². The number of carbonyl (C=O) groups is 1. The van der Waals surface area contributed by atoms with E-state index in [2.05, 4.69) is 9.97 Å². The maximum atomic E-state index is 11.2. The van der Waals surface area contributed by atoms with E-state index in [0.717, 1.165) is 5.56 Å². The molecule has 0 unspecified atom stereocenters. The van der Waals surface area contributed by atoms with Gasteiger partial charge in [-0.3, -0.25) is 0 Å². The van der Waals surface area contributed by atoms with Crippen LogP contribution >= 0.6 is 11.6 Å². The van der Waals surface area contributed by atoms with Gasteiger partial charge in [-0.05, 0) is 31.0 Å². The van der Waals surface area contributed by atoms with Crippen LogP contribution in [0.15, 0.2) is 12.1 Å². The largest absolute Gasteiger partial charge is 0.478 e. The molecule has 0 fully saturated rings. The van der Waals surface area contributed by atoms with E-state index >= 15 is 0 Å². The molecule has 0 radical (unpaired) electrons. The Hall–Kier alpha value is -1.85. The van der Waals surface area contributed by atoms with Crippen molar-refractivity contribution in [2.45, 2.75) is 20.5 Å². The van der Waals surface area contributed by atoms with Gasteiger partial charge in [0.25, 0.3) is 0 Å². The average molecular weight is 281 g/mol. The summed E-state index contributed by atoms with van der Waals surface area (Å²) in [4.78, 5) is 18.0. The number of aromatic amines is 1. The molecule has 100 valence electrons. The summed E-state index contributed by atoms with van der Waals surface area (Å²) in [5.41, 5.74) is 2.98. The number of carboxylic acids is 1. The van der Waals surface area contributed by atoms with Crippen LogP contribution in [0.1, 0.15) is 27.3 Å². The summed E-state index contributed by atoms with van der Waals surface area (Å²) in [6.07, 6.45) is 0. The number of aryl methyl sites for hydroxylation is 2. The quantitative estimate of drug-likeness (QED) is 0.806. The molecule has 0 spiro atoms. The predicted octanol–water partition coefficient (Wildman–Crippen LogP) is 2.54. The summed E-state index contributed by atoms with van der Waals surface area (Å²) in [6, 6.07) is 3.35. The first-order valence-corrected chi connectivity index (χ1v) is 6.02. The lowest BCUT2D eigenvalue weighted by atomic mass is 9.98. The first-order chi connectivity index (χ1) is 8.93. The number of halogens is 1. The highest BCUT2D eigenvalue weighted by Crippen LogP contribution is 2.30. The topological polar surface area (TPSA) is 86.2 Å². The maximum absolute atomic E-state index is 11.2. The molecule has 0 aliphatic carbocycles. The molecule has 2 rings (SSSR count). The molecular formula is C13H13ClN2O3. The SMILES string of the molecule is Cc1cc(C)c(-c2[nH]c(CO)nc2Cl)cc1C(=O)O. The van der Waals surface area contributed by atoms with Crippen LogP contribution in [-0.4, -0.2) is 26.2 Å². The summed E-state index contributed by atoms with van der Waals surface area (Å²) in [5, 5.41) is 18.4. The zero-order chi connectivity index (χ0) is 14.2. The number of aliphatic hydroxyl groups is 1. The highest BCUT2D eigenvalue weighted by Gasteiger charge is 2.16. The van der Waals surface area contributed by atoms with Crippen molar-refractivity contribution in [2.75, 3.05) is 0 Å². The Bertz CT molecular complexity index is 650. The van der Waals surface area contributed by atoms with Crippen molar-refractivity contribution in [1.29, 1.82) is 0 Å². The number of H-pyrrole nitrogens is 1. The highest BCUT2D eigenvalue weighted by atomic mass is 35.5. The zero-order valence-electron chi connectivity index (χ0n) is 10.5. The van der Waals surface area contributed by atoms with Gasteiger partial charge < -0.3 is 15.2 Å². The molecular weight excluding hydrogens is 268 g/mol. The van der Waals surface area contributed by atoms with Gasteiger partial charge in [-0.2, -0.15) is 0 Å². The Morgan fingerprint density at radius 3 is 2.58 bits per heavy atom. The van der Waals surface area contributed by atoms with Crippen molar-refractivity contribution in [2.24, 2.45) is 0 Å². The molecule has 3 N–H and O–H groups in total. The molecule has 0 bridgehead atoms. The van der Waals surface area contributed by atoms with Crippen LogP contribution in [0, 0.1) is 13.8 Å². The fourth-order valence-electron chi connectivity index (χ4n) is 2.00. The molecule has 2 aromatic rings. The van der Waals surface area contributed by atoms with E-state index < -0.39 is 5.97 Å². The number of aliphatic hydroxyl groups excluding tert-OH is 1. The third-order valence-corrected chi connectivity index (χ3v) is 3.20. The highest BCUT2D eigenvalue weighted by molar-refractivity contribution is 6.32. The smallest absolute Gasteiger partial charge is 0.335 e. The number of nitrogens with one attached hydrogen (secondary N) is 1. The number of aromatic carboxylic acids is 1. The van der Waals surface area contributed by atoms with E-state index in [1.165, 1.54) is 0 Å². The van der Waals surface area contributed by atoms with Crippen LogP contribution in [0.2, 0.25) is 5.15 Å². The normalized spacial score (nSPS) is 10.7. The molecule has 5 nitrogen and oxygen atoms in total. The van der Waals surface area contributed by atoms with E-state index in [9.17, 15) is 4.79 Å². The number of rotatable bonds is 3. The van der Waals surface area contributed by atoms with Crippen molar-refractivity contribution in [3.63, 3.8) is 0 Å². The van der Waals surface area contributed by atoms with Crippen LogP contribution in [0.5, 0.6) is 0 Å². The number of hydrogen-bond donors (Lipinski definition) is 3. The van der Waals surface area contributed by atoms with Crippen molar-refractivity contribution < 1.29 is 15.0 Å². The van der Waals surface area contributed by atoms with Gasteiger partial charge in [-0.25, -0.2) is 9.78 Å². The van der Waals surface area contributed by atoms with E-state index in [0.29, 0.717) is 22.6 Å². The summed E-state index contributed by atoms with van der Waals surface area (Å²) in [6.45, 7) is 3.36. The molecule has 0 amide bonds. The Balaban J connectivity index is 2.64. The molecule has 0 saturated heterocycles. The maximum Gasteiger partial charge on any atom is 0.335 e. The number of carboxylic acid groups (broad SMARTS) is 1. The van der Waals surface area contributed by atoms with Crippen molar-refractivity contribution >= 4 is 17.6 Å². The lowest BCUT2D eigenvalue weighted by Crippen LogP contribution is -2.01. The van der Waals surface area contributed by atoms with Crippen molar-refractivity contribution in [3.8, 4) is 11.3 Å². The first-order valence-electron chi connectivity index (χ1n) is 5.64. The lowest BCUT2D eigenvalue weighted by molar-refractivity contribution is 0.0696. The first kappa shape index (κ1) is 13.6. The molecule has 0 atom stereocenters. The Kier molecular flexibility index (Phi) is 3.59. The summed E-state index contributed by atoms with van der Waals surface area (Å²) in [5.74, 6) is -0.645. The second-order valence-corrected chi connectivity index (χ2v) is 4.65. The lowest BCUT2D eigenvalue weighted by Gasteiger charge is -2.08. The summed E-state index contributed by atoms with van der Waals surface area (Å²) < 4.78 is 0. The van der Waals surface area contributed by atoms with Gasteiger partial charge in [-0.1, -0.05) is 17.7 Å².